The second kappa shape index (κ2) is 6.72. The van der Waals surface area contributed by atoms with Crippen LogP contribution in [0.3, 0.4) is 0 Å². The lowest BCUT2D eigenvalue weighted by Gasteiger charge is -2.12. The number of carboxylic acid groups (broad SMARTS) is 1. The molecule has 2 N–H and O–H groups in total. The Morgan fingerprint density at radius 3 is 2.67 bits per heavy atom. The monoisotopic (exact) mass is 348 g/mol. The molecule has 0 atom stereocenters. The van der Waals surface area contributed by atoms with Crippen molar-refractivity contribution in [1.82, 2.24) is 4.98 Å². The molecular formula is C16H17BrN2O2. The average molecular weight is 349 g/mol. The van der Waals surface area contributed by atoms with E-state index in [4.69, 9.17) is 0 Å². The van der Waals surface area contributed by atoms with E-state index < -0.39 is 5.97 Å². The number of carboxylic acids is 1. The summed E-state index contributed by atoms with van der Waals surface area (Å²) in [6, 6.07) is 11.1. The van der Waals surface area contributed by atoms with Crippen LogP contribution in [0.5, 0.6) is 0 Å². The Morgan fingerprint density at radius 1 is 1.33 bits per heavy atom. The van der Waals surface area contributed by atoms with Crippen LogP contribution in [0.2, 0.25) is 0 Å². The van der Waals surface area contributed by atoms with Gasteiger partial charge in [-0.2, -0.15) is 0 Å². The van der Waals surface area contributed by atoms with Crippen molar-refractivity contribution in [3.8, 4) is 0 Å². The minimum atomic E-state index is -0.941. The summed E-state index contributed by atoms with van der Waals surface area (Å²) in [4.78, 5) is 15.7. The molecule has 0 amide bonds. The lowest BCUT2D eigenvalue weighted by molar-refractivity contribution is 0.0696. The van der Waals surface area contributed by atoms with E-state index in [1.165, 1.54) is 0 Å². The van der Waals surface area contributed by atoms with Crippen molar-refractivity contribution in [3.63, 3.8) is 0 Å². The van der Waals surface area contributed by atoms with E-state index in [1.807, 2.05) is 38.1 Å². The van der Waals surface area contributed by atoms with Crippen LogP contribution in [0.4, 0.5) is 5.82 Å². The maximum absolute atomic E-state index is 11.2. The smallest absolute Gasteiger partial charge is 0.335 e. The van der Waals surface area contributed by atoms with Gasteiger partial charge in [0.05, 0.1) is 5.56 Å². The van der Waals surface area contributed by atoms with Crippen molar-refractivity contribution in [2.75, 3.05) is 5.32 Å². The highest BCUT2D eigenvalue weighted by Gasteiger charge is 2.11. The summed E-state index contributed by atoms with van der Waals surface area (Å²) in [7, 11) is 0. The van der Waals surface area contributed by atoms with Crippen LogP contribution >= 0.6 is 15.9 Å². The SMILES string of the molecule is CC(C)c1cc(C(=O)O)cc(NCc2ccccc2Br)n1. The number of nitrogens with zero attached hydrogens (tertiary/aromatic N) is 1. The van der Waals surface area contributed by atoms with Crippen molar-refractivity contribution in [2.24, 2.45) is 0 Å². The summed E-state index contributed by atoms with van der Waals surface area (Å²) in [5, 5.41) is 12.4. The van der Waals surface area contributed by atoms with Gasteiger partial charge < -0.3 is 10.4 Å². The van der Waals surface area contributed by atoms with Crippen LogP contribution in [0.25, 0.3) is 0 Å². The van der Waals surface area contributed by atoms with Gasteiger partial charge >= 0.3 is 5.97 Å². The van der Waals surface area contributed by atoms with Gasteiger partial charge in [0.2, 0.25) is 0 Å². The van der Waals surface area contributed by atoms with Crippen LogP contribution in [-0.2, 0) is 6.54 Å². The predicted octanol–water partition coefficient (Wildman–Crippen LogP) is 4.28. The van der Waals surface area contributed by atoms with Gasteiger partial charge in [-0.15, -0.1) is 0 Å². The van der Waals surface area contributed by atoms with Gasteiger partial charge in [0.15, 0.2) is 0 Å². The van der Waals surface area contributed by atoms with Gasteiger partial charge in [-0.05, 0) is 29.7 Å². The van der Waals surface area contributed by atoms with Crippen LogP contribution in [0, 0.1) is 0 Å². The third-order valence-electron chi connectivity index (χ3n) is 3.10. The molecule has 0 saturated carbocycles. The zero-order valence-corrected chi connectivity index (χ0v) is 13.5. The Bertz CT molecular complexity index is 656. The summed E-state index contributed by atoms with van der Waals surface area (Å²) < 4.78 is 1.01. The number of hydrogen-bond donors (Lipinski definition) is 2. The summed E-state index contributed by atoms with van der Waals surface area (Å²) in [6.45, 7) is 4.56. The molecule has 0 bridgehead atoms. The topological polar surface area (TPSA) is 62.2 Å². The first-order valence-corrected chi connectivity index (χ1v) is 7.49. The van der Waals surface area contributed by atoms with Crippen molar-refractivity contribution in [1.29, 1.82) is 0 Å². The van der Waals surface area contributed by atoms with E-state index in [0.717, 1.165) is 15.7 Å². The lowest BCUT2D eigenvalue weighted by Crippen LogP contribution is -2.07. The molecule has 4 nitrogen and oxygen atoms in total. The predicted molar refractivity (Wildman–Crippen MR) is 86.8 cm³/mol. The Kier molecular flexibility index (Phi) is 4.96. The number of anilines is 1. The van der Waals surface area contributed by atoms with Crippen molar-refractivity contribution < 1.29 is 9.90 Å². The molecule has 110 valence electrons. The largest absolute Gasteiger partial charge is 0.478 e. The number of pyridine rings is 1. The number of aromatic carboxylic acids is 1. The van der Waals surface area contributed by atoms with Gasteiger partial charge in [-0.3, -0.25) is 0 Å². The minimum Gasteiger partial charge on any atom is -0.478 e. The van der Waals surface area contributed by atoms with Crippen LogP contribution in [-0.4, -0.2) is 16.1 Å². The number of halogens is 1. The maximum atomic E-state index is 11.2. The summed E-state index contributed by atoms with van der Waals surface area (Å²) in [5.74, 6) is -0.189. The normalized spacial score (nSPS) is 10.7. The molecule has 0 aliphatic rings. The Morgan fingerprint density at radius 2 is 2.05 bits per heavy atom. The van der Waals surface area contributed by atoms with E-state index in [-0.39, 0.29) is 11.5 Å². The van der Waals surface area contributed by atoms with Crippen LogP contribution in [0.1, 0.15) is 41.4 Å². The number of hydrogen-bond acceptors (Lipinski definition) is 3. The molecule has 0 saturated heterocycles. The molecule has 2 rings (SSSR count). The Balaban J connectivity index is 2.23. The summed E-state index contributed by atoms with van der Waals surface area (Å²) in [6.07, 6.45) is 0. The highest BCUT2D eigenvalue weighted by atomic mass is 79.9. The van der Waals surface area contributed by atoms with Gasteiger partial charge in [-0.1, -0.05) is 48.0 Å². The van der Waals surface area contributed by atoms with Crippen molar-refractivity contribution in [2.45, 2.75) is 26.3 Å². The molecular weight excluding hydrogens is 332 g/mol. The number of benzene rings is 1. The minimum absolute atomic E-state index is 0.174. The van der Waals surface area contributed by atoms with Crippen LogP contribution in [0.15, 0.2) is 40.9 Å². The lowest BCUT2D eigenvalue weighted by atomic mass is 10.1. The van der Waals surface area contributed by atoms with E-state index in [9.17, 15) is 9.90 Å². The number of carbonyl (C=O) groups is 1. The second-order valence-corrected chi connectivity index (χ2v) is 5.93. The van der Waals surface area contributed by atoms with Crippen LogP contribution < -0.4 is 5.32 Å². The fourth-order valence-electron chi connectivity index (χ4n) is 1.89. The Labute approximate surface area is 132 Å². The second-order valence-electron chi connectivity index (χ2n) is 5.07. The summed E-state index contributed by atoms with van der Waals surface area (Å²) in [5.41, 5.74) is 2.11. The third-order valence-corrected chi connectivity index (χ3v) is 3.88. The number of aromatic nitrogens is 1. The zero-order valence-electron chi connectivity index (χ0n) is 11.9. The highest BCUT2D eigenvalue weighted by molar-refractivity contribution is 9.10. The first kappa shape index (κ1) is 15.5. The molecule has 1 aromatic heterocycles. The molecule has 21 heavy (non-hydrogen) atoms. The molecule has 5 heteroatoms. The molecule has 0 radical (unpaired) electrons. The average Bonchev–Trinajstić information content (AvgIpc) is 2.46. The van der Waals surface area contributed by atoms with Gasteiger partial charge in [0.25, 0.3) is 0 Å². The maximum Gasteiger partial charge on any atom is 0.335 e. The van der Waals surface area contributed by atoms with E-state index in [1.54, 1.807) is 12.1 Å². The standard InChI is InChI=1S/C16H17BrN2O2/c1-10(2)14-7-12(16(20)21)8-15(19-14)18-9-11-5-3-4-6-13(11)17/h3-8,10H,9H2,1-2H3,(H,18,19)(H,20,21). The van der Waals surface area contributed by atoms with Crippen molar-refractivity contribution in [3.05, 3.63) is 57.7 Å². The van der Waals surface area contributed by atoms with E-state index >= 15 is 0 Å². The fraction of sp³-hybridized carbons (Fsp3) is 0.250. The Hall–Kier alpha value is -1.88. The van der Waals surface area contributed by atoms with Gasteiger partial charge in [0, 0.05) is 16.7 Å². The molecule has 1 aromatic carbocycles. The zero-order chi connectivity index (χ0) is 15.4. The van der Waals surface area contributed by atoms with E-state index in [2.05, 4.69) is 26.2 Å². The molecule has 0 fully saturated rings. The molecule has 2 aromatic rings. The highest BCUT2D eigenvalue weighted by Crippen LogP contribution is 2.20. The summed E-state index contributed by atoms with van der Waals surface area (Å²) >= 11 is 3.49. The number of nitrogens with one attached hydrogen (secondary N) is 1. The van der Waals surface area contributed by atoms with Crippen molar-refractivity contribution >= 4 is 27.7 Å². The fourth-order valence-corrected chi connectivity index (χ4v) is 2.31. The number of rotatable bonds is 5. The van der Waals surface area contributed by atoms with Gasteiger partial charge in [0.1, 0.15) is 5.82 Å². The molecule has 0 unspecified atom stereocenters. The molecule has 0 aliphatic carbocycles. The third kappa shape index (κ3) is 4.04. The molecule has 0 spiro atoms. The van der Waals surface area contributed by atoms with E-state index in [0.29, 0.717) is 12.4 Å². The first-order chi connectivity index (χ1) is 9.97. The quantitative estimate of drug-likeness (QED) is 0.846. The first-order valence-electron chi connectivity index (χ1n) is 6.70. The van der Waals surface area contributed by atoms with Gasteiger partial charge in [-0.25, -0.2) is 9.78 Å². The molecule has 0 aliphatic heterocycles. The molecule has 1 heterocycles.